The van der Waals surface area contributed by atoms with Gasteiger partial charge in [0.15, 0.2) is 0 Å². The van der Waals surface area contributed by atoms with E-state index in [1.54, 1.807) is 54.6 Å². The minimum atomic E-state index is -1.13. The summed E-state index contributed by atoms with van der Waals surface area (Å²) in [6, 6.07) is 24.2. The molecule has 0 N–H and O–H groups in total. The molecule has 3 rings (SSSR count). The summed E-state index contributed by atoms with van der Waals surface area (Å²) in [7, 11) is 0. The number of rotatable bonds is 3. The van der Waals surface area contributed by atoms with Crippen LogP contribution in [0.3, 0.4) is 0 Å². The largest absolute Gasteiger partial charge is 2.00 e. The van der Waals surface area contributed by atoms with Gasteiger partial charge in [-0.2, -0.15) is 0 Å². The molecule has 0 aromatic heterocycles. The Morgan fingerprint density at radius 2 is 0.621 bits per heavy atom. The third-order valence-electron chi connectivity index (χ3n) is 3.03. The van der Waals surface area contributed by atoms with Gasteiger partial charge in [0.2, 0.25) is 0 Å². The van der Waals surface area contributed by atoms with E-state index >= 15 is 0 Å². The van der Waals surface area contributed by atoms with E-state index < -0.39 is 17.9 Å². The van der Waals surface area contributed by atoms with E-state index in [0.29, 0.717) is 0 Å². The molecule has 0 saturated carbocycles. The predicted molar refractivity (Wildman–Crippen MR) is 98.1 cm³/mol. The average molecular weight is 411 g/mol. The molecule has 8 heteroatoms. The van der Waals surface area contributed by atoms with Gasteiger partial charge >= 0.3 is 52.6 Å². The average Bonchev–Trinajstić information content (AvgIpc) is 2.71. The van der Waals surface area contributed by atoms with Crippen LogP contribution in [0.25, 0.3) is 0 Å². The molecule has 6 nitrogen and oxygen atoms in total. The summed E-state index contributed by atoms with van der Waals surface area (Å²) in [5, 5.41) is 30.3. The van der Waals surface area contributed by atoms with Crippen molar-refractivity contribution >= 4 is 41.0 Å². The first-order valence-corrected chi connectivity index (χ1v) is 7.71. The van der Waals surface area contributed by atoms with E-state index in [2.05, 4.69) is 0 Å². The van der Waals surface area contributed by atoms with Crippen molar-refractivity contribution in [3.8, 4) is 0 Å². The van der Waals surface area contributed by atoms with Crippen LogP contribution in [0.4, 0.5) is 0 Å². The molecule has 0 bridgehead atoms. The standard InChI is InChI=1S/3C7H6O2.Mg.Na/c3*8-7(9)6-4-2-1-3-5-6;;/h3*1-5H,(H,8,9);;/q;;;+2;+1/p-3. The molecule has 0 heterocycles. The summed E-state index contributed by atoms with van der Waals surface area (Å²) in [5.74, 6) is -3.39. The fraction of sp³-hybridized carbons (Fsp3) is 0. The van der Waals surface area contributed by atoms with Crippen molar-refractivity contribution in [2.24, 2.45) is 0 Å². The van der Waals surface area contributed by atoms with Crippen LogP contribution in [0.2, 0.25) is 0 Å². The summed E-state index contributed by atoms with van der Waals surface area (Å²) >= 11 is 0. The van der Waals surface area contributed by atoms with Crippen LogP contribution >= 0.6 is 0 Å². The zero-order chi connectivity index (χ0) is 20.1. The Labute approximate surface area is 206 Å². The van der Waals surface area contributed by atoms with Crippen molar-refractivity contribution in [2.75, 3.05) is 0 Å². The first-order chi connectivity index (χ1) is 12.9. The Kier molecular flexibility index (Phi) is 16.8. The van der Waals surface area contributed by atoms with Gasteiger partial charge in [-0.1, -0.05) is 91.0 Å². The molecule has 0 saturated heterocycles. The smallest absolute Gasteiger partial charge is 0.545 e. The Morgan fingerprint density at radius 3 is 0.724 bits per heavy atom. The van der Waals surface area contributed by atoms with Gasteiger partial charge in [-0.25, -0.2) is 0 Å². The Balaban J connectivity index is 0. The minimum absolute atomic E-state index is 0. The van der Waals surface area contributed by atoms with Gasteiger partial charge in [0.05, 0.1) is 17.9 Å². The Bertz CT molecular complexity index is 740. The number of benzene rings is 3. The molecule has 0 spiro atoms. The van der Waals surface area contributed by atoms with Gasteiger partial charge in [-0.15, -0.1) is 0 Å². The fourth-order valence-electron chi connectivity index (χ4n) is 1.72. The van der Waals surface area contributed by atoms with Crippen LogP contribution in [-0.2, 0) is 0 Å². The van der Waals surface area contributed by atoms with Gasteiger partial charge in [0.1, 0.15) is 0 Å². The van der Waals surface area contributed by atoms with Gasteiger partial charge in [0.25, 0.3) is 0 Å². The molecule has 0 amide bonds. The maximum absolute atomic E-state index is 10.1. The minimum Gasteiger partial charge on any atom is -0.545 e. The Morgan fingerprint density at radius 1 is 0.448 bits per heavy atom. The monoisotopic (exact) mass is 410 g/mol. The molecule has 29 heavy (non-hydrogen) atoms. The van der Waals surface area contributed by atoms with Crippen molar-refractivity contribution in [3.63, 3.8) is 0 Å². The molecule has 0 atom stereocenters. The number of carboxylic acid groups (broad SMARTS) is 3. The normalized spacial score (nSPS) is 8.28. The van der Waals surface area contributed by atoms with E-state index in [1.807, 2.05) is 0 Å². The molecule has 0 radical (unpaired) electrons. The number of hydrogen-bond donors (Lipinski definition) is 0. The second-order valence-corrected chi connectivity index (χ2v) is 4.96. The first-order valence-electron chi connectivity index (χ1n) is 7.71. The second kappa shape index (κ2) is 16.8. The van der Waals surface area contributed by atoms with Crippen molar-refractivity contribution in [1.82, 2.24) is 0 Å². The van der Waals surface area contributed by atoms with Gasteiger partial charge < -0.3 is 29.7 Å². The summed E-state index contributed by atoms with van der Waals surface area (Å²) in [6.45, 7) is 0. The predicted octanol–water partition coefficient (Wildman–Crippen LogP) is -3.23. The third-order valence-corrected chi connectivity index (χ3v) is 3.03. The summed E-state index contributed by atoms with van der Waals surface area (Å²) in [4.78, 5) is 30.3. The number of carbonyl (C=O) groups is 3. The molecule has 138 valence electrons. The molecular formula is C21H15MgNaO6. The van der Waals surface area contributed by atoms with Gasteiger partial charge in [0, 0.05) is 0 Å². The summed E-state index contributed by atoms with van der Waals surface area (Å²) < 4.78 is 0. The number of hydrogen-bond acceptors (Lipinski definition) is 6. The zero-order valence-electron chi connectivity index (χ0n) is 15.8. The molecule has 0 fully saturated rings. The van der Waals surface area contributed by atoms with Crippen LogP contribution in [0.5, 0.6) is 0 Å². The van der Waals surface area contributed by atoms with E-state index in [4.69, 9.17) is 0 Å². The molecule has 0 aliphatic carbocycles. The van der Waals surface area contributed by atoms with E-state index in [1.165, 1.54) is 36.4 Å². The zero-order valence-corrected chi connectivity index (χ0v) is 19.2. The maximum atomic E-state index is 10.1. The number of carboxylic acids is 3. The van der Waals surface area contributed by atoms with Crippen LogP contribution in [-0.4, -0.2) is 41.0 Å². The van der Waals surface area contributed by atoms with E-state index in [0.717, 1.165) is 0 Å². The summed E-state index contributed by atoms with van der Waals surface area (Å²) in [6.07, 6.45) is 0. The van der Waals surface area contributed by atoms with Crippen LogP contribution in [0, 0.1) is 0 Å². The fourth-order valence-corrected chi connectivity index (χ4v) is 1.72. The topological polar surface area (TPSA) is 120 Å². The van der Waals surface area contributed by atoms with Crippen LogP contribution in [0.15, 0.2) is 91.0 Å². The van der Waals surface area contributed by atoms with E-state index in [-0.39, 0.29) is 69.3 Å². The quantitative estimate of drug-likeness (QED) is 0.419. The molecule has 0 aliphatic heterocycles. The van der Waals surface area contributed by atoms with Crippen molar-refractivity contribution in [3.05, 3.63) is 108 Å². The molecule has 0 aliphatic rings. The van der Waals surface area contributed by atoms with Gasteiger partial charge in [-0.05, 0) is 16.7 Å². The van der Waals surface area contributed by atoms with Crippen LogP contribution < -0.4 is 44.9 Å². The molecule has 3 aromatic rings. The SMILES string of the molecule is O=C([O-])c1ccccc1.O=C([O-])c1ccccc1.O=C([O-])c1ccccc1.[Mg+2].[Na+]. The molecular weight excluding hydrogens is 396 g/mol. The summed E-state index contributed by atoms with van der Waals surface area (Å²) in [5.41, 5.74) is 0.660. The molecule has 0 unspecified atom stereocenters. The number of aromatic carboxylic acids is 3. The van der Waals surface area contributed by atoms with Crippen molar-refractivity contribution in [2.45, 2.75) is 0 Å². The maximum Gasteiger partial charge on any atom is 2.00 e. The van der Waals surface area contributed by atoms with Crippen LogP contribution in [0.1, 0.15) is 31.1 Å². The Hall–Kier alpha value is -2.16. The van der Waals surface area contributed by atoms with Crippen molar-refractivity contribution in [1.29, 1.82) is 0 Å². The third kappa shape index (κ3) is 12.8. The second-order valence-electron chi connectivity index (χ2n) is 4.96. The first kappa shape index (κ1) is 29.0. The van der Waals surface area contributed by atoms with Gasteiger partial charge in [-0.3, -0.25) is 0 Å². The number of carbonyl (C=O) groups excluding carboxylic acids is 3. The van der Waals surface area contributed by atoms with E-state index in [9.17, 15) is 29.7 Å². The molecule has 3 aromatic carbocycles. The van der Waals surface area contributed by atoms with Crippen molar-refractivity contribution < 1.29 is 59.3 Å².